The fourth-order valence-electron chi connectivity index (χ4n) is 3.85. The highest BCUT2D eigenvalue weighted by molar-refractivity contribution is 6.34. The number of halogens is 1. The van der Waals surface area contributed by atoms with Crippen molar-refractivity contribution in [3.63, 3.8) is 0 Å². The zero-order valence-electron chi connectivity index (χ0n) is 16.7. The summed E-state index contributed by atoms with van der Waals surface area (Å²) in [7, 11) is 0. The SMILES string of the molecule is CC1(C(=O)NCc2ccc(N3CCCCC3)cc2)CC(c2ccccc2Cl)=NO1. The predicted octanol–water partition coefficient (Wildman–Crippen LogP) is 4.53. The molecular weight excluding hydrogens is 386 g/mol. The second-order valence-electron chi connectivity index (χ2n) is 7.91. The van der Waals surface area contributed by atoms with Gasteiger partial charge in [-0.15, -0.1) is 0 Å². The van der Waals surface area contributed by atoms with Crippen LogP contribution in [0.4, 0.5) is 5.69 Å². The molecule has 1 atom stereocenters. The Bertz CT molecular complexity index is 907. The second kappa shape index (κ2) is 8.46. The quantitative estimate of drug-likeness (QED) is 0.786. The highest BCUT2D eigenvalue weighted by atomic mass is 35.5. The van der Waals surface area contributed by atoms with E-state index in [0.717, 1.165) is 24.2 Å². The third-order valence-electron chi connectivity index (χ3n) is 5.64. The molecule has 0 aliphatic carbocycles. The number of piperidine rings is 1. The van der Waals surface area contributed by atoms with Crippen LogP contribution < -0.4 is 10.2 Å². The van der Waals surface area contributed by atoms with Crippen molar-refractivity contribution in [1.29, 1.82) is 0 Å². The molecule has 0 spiro atoms. The monoisotopic (exact) mass is 411 g/mol. The summed E-state index contributed by atoms with van der Waals surface area (Å²) >= 11 is 6.25. The molecule has 2 aliphatic rings. The van der Waals surface area contributed by atoms with Crippen molar-refractivity contribution in [3.8, 4) is 0 Å². The molecule has 1 amide bonds. The predicted molar refractivity (Wildman–Crippen MR) is 116 cm³/mol. The molecule has 29 heavy (non-hydrogen) atoms. The molecule has 4 rings (SSSR count). The molecule has 2 aromatic carbocycles. The molecule has 2 aromatic rings. The molecular formula is C23H26ClN3O2. The first kappa shape index (κ1) is 19.8. The molecule has 2 aliphatic heterocycles. The Balaban J connectivity index is 1.33. The fraction of sp³-hybridized carbons (Fsp3) is 0.391. The number of carbonyl (C=O) groups is 1. The lowest BCUT2D eigenvalue weighted by Crippen LogP contribution is -2.44. The van der Waals surface area contributed by atoms with E-state index in [-0.39, 0.29) is 5.91 Å². The Kier molecular flexibility index (Phi) is 5.76. The van der Waals surface area contributed by atoms with E-state index >= 15 is 0 Å². The minimum absolute atomic E-state index is 0.177. The zero-order chi connectivity index (χ0) is 20.3. The van der Waals surface area contributed by atoms with Gasteiger partial charge >= 0.3 is 0 Å². The highest BCUT2D eigenvalue weighted by Crippen LogP contribution is 2.29. The van der Waals surface area contributed by atoms with Crippen molar-refractivity contribution in [1.82, 2.24) is 5.32 Å². The first-order chi connectivity index (χ1) is 14.0. The van der Waals surface area contributed by atoms with E-state index in [1.54, 1.807) is 6.92 Å². The molecule has 2 heterocycles. The van der Waals surface area contributed by atoms with Gasteiger partial charge in [0.05, 0.1) is 5.71 Å². The normalized spacial score (nSPS) is 21.4. The van der Waals surface area contributed by atoms with Gasteiger partial charge in [0.25, 0.3) is 5.91 Å². The Hall–Kier alpha value is -2.53. The van der Waals surface area contributed by atoms with Crippen LogP contribution in [0.15, 0.2) is 53.7 Å². The standard InChI is InChI=1S/C23H26ClN3O2/c1-23(15-21(26-29-23)19-7-3-4-8-20(19)24)22(28)25-16-17-9-11-18(12-10-17)27-13-5-2-6-14-27/h3-4,7-12H,2,5-6,13-16H2,1H3,(H,25,28). The lowest BCUT2D eigenvalue weighted by Gasteiger charge is -2.29. The molecule has 5 nitrogen and oxygen atoms in total. The average Bonchev–Trinajstić information content (AvgIpc) is 3.16. The van der Waals surface area contributed by atoms with Crippen molar-refractivity contribution in [2.75, 3.05) is 18.0 Å². The van der Waals surface area contributed by atoms with Crippen molar-refractivity contribution in [3.05, 3.63) is 64.7 Å². The summed E-state index contributed by atoms with van der Waals surface area (Å²) in [6, 6.07) is 15.9. The maximum absolute atomic E-state index is 12.8. The maximum Gasteiger partial charge on any atom is 0.267 e. The number of carbonyl (C=O) groups excluding carboxylic acids is 1. The molecule has 0 saturated carbocycles. The summed E-state index contributed by atoms with van der Waals surface area (Å²) in [5, 5.41) is 7.71. The summed E-state index contributed by atoms with van der Waals surface area (Å²) in [6.45, 7) is 4.47. The van der Waals surface area contributed by atoms with Gasteiger partial charge in [0.2, 0.25) is 5.60 Å². The van der Waals surface area contributed by atoms with Gasteiger partial charge in [0, 0.05) is 42.3 Å². The van der Waals surface area contributed by atoms with Gasteiger partial charge < -0.3 is 15.1 Å². The van der Waals surface area contributed by atoms with E-state index in [0.29, 0.717) is 23.7 Å². The fourth-order valence-corrected chi connectivity index (χ4v) is 4.09. The third-order valence-corrected chi connectivity index (χ3v) is 5.97. The van der Waals surface area contributed by atoms with E-state index < -0.39 is 5.60 Å². The van der Waals surface area contributed by atoms with Crippen LogP contribution in [-0.2, 0) is 16.2 Å². The van der Waals surface area contributed by atoms with Crippen LogP contribution >= 0.6 is 11.6 Å². The topological polar surface area (TPSA) is 53.9 Å². The number of nitrogens with one attached hydrogen (secondary N) is 1. The first-order valence-corrected chi connectivity index (χ1v) is 10.6. The lowest BCUT2D eigenvalue weighted by molar-refractivity contribution is -0.141. The molecule has 0 radical (unpaired) electrons. The number of hydrogen-bond acceptors (Lipinski definition) is 4. The lowest BCUT2D eigenvalue weighted by atomic mass is 9.95. The zero-order valence-corrected chi connectivity index (χ0v) is 17.4. The van der Waals surface area contributed by atoms with Gasteiger partial charge in [-0.05, 0) is 49.9 Å². The number of hydrogen-bond donors (Lipinski definition) is 1. The van der Waals surface area contributed by atoms with Crippen LogP contribution in [0.3, 0.4) is 0 Å². The summed E-state index contributed by atoms with van der Waals surface area (Å²) in [5.41, 5.74) is 2.79. The Morgan fingerprint density at radius 2 is 1.86 bits per heavy atom. The van der Waals surface area contributed by atoms with Crippen LogP contribution in [0, 0.1) is 0 Å². The van der Waals surface area contributed by atoms with Crippen LogP contribution in [0.5, 0.6) is 0 Å². The highest BCUT2D eigenvalue weighted by Gasteiger charge is 2.42. The molecule has 6 heteroatoms. The van der Waals surface area contributed by atoms with Gasteiger partial charge in [0.15, 0.2) is 0 Å². The largest absolute Gasteiger partial charge is 0.379 e. The minimum atomic E-state index is -1.03. The molecule has 1 N–H and O–H groups in total. The molecule has 1 saturated heterocycles. The molecule has 0 aromatic heterocycles. The Morgan fingerprint density at radius 1 is 1.14 bits per heavy atom. The maximum atomic E-state index is 12.8. The smallest absolute Gasteiger partial charge is 0.267 e. The summed E-state index contributed by atoms with van der Waals surface area (Å²) in [5.74, 6) is -0.177. The summed E-state index contributed by atoms with van der Waals surface area (Å²) in [6.07, 6.45) is 4.23. The summed E-state index contributed by atoms with van der Waals surface area (Å²) in [4.78, 5) is 20.7. The second-order valence-corrected chi connectivity index (χ2v) is 8.32. The van der Waals surface area contributed by atoms with Crippen LogP contribution in [0.25, 0.3) is 0 Å². The number of nitrogens with zero attached hydrogens (tertiary/aromatic N) is 2. The number of anilines is 1. The van der Waals surface area contributed by atoms with Crippen LogP contribution in [-0.4, -0.2) is 30.3 Å². The van der Waals surface area contributed by atoms with Gasteiger partial charge in [-0.25, -0.2) is 0 Å². The van der Waals surface area contributed by atoms with Crippen molar-refractivity contribution >= 4 is 28.9 Å². The van der Waals surface area contributed by atoms with Gasteiger partial charge in [-0.2, -0.15) is 0 Å². The third kappa shape index (κ3) is 4.40. The van der Waals surface area contributed by atoms with Crippen molar-refractivity contribution < 1.29 is 9.63 Å². The van der Waals surface area contributed by atoms with E-state index in [9.17, 15) is 4.79 Å². The van der Waals surface area contributed by atoms with E-state index in [1.807, 2.05) is 24.3 Å². The molecule has 152 valence electrons. The average molecular weight is 412 g/mol. The van der Waals surface area contributed by atoms with Crippen LogP contribution in [0.2, 0.25) is 5.02 Å². The van der Waals surface area contributed by atoms with E-state index in [1.165, 1.54) is 24.9 Å². The van der Waals surface area contributed by atoms with E-state index in [4.69, 9.17) is 16.4 Å². The van der Waals surface area contributed by atoms with Gasteiger partial charge in [-0.3, -0.25) is 4.79 Å². The Labute approximate surface area is 176 Å². The number of amides is 1. The first-order valence-electron chi connectivity index (χ1n) is 10.2. The van der Waals surface area contributed by atoms with Crippen molar-refractivity contribution in [2.24, 2.45) is 5.16 Å². The molecule has 1 unspecified atom stereocenters. The number of rotatable bonds is 5. The Morgan fingerprint density at radius 3 is 2.59 bits per heavy atom. The number of benzene rings is 2. The van der Waals surface area contributed by atoms with Gasteiger partial charge in [0.1, 0.15) is 0 Å². The van der Waals surface area contributed by atoms with Crippen molar-refractivity contribution in [2.45, 2.75) is 44.8 Å². The number of oxime groups is 1. The molecule has 1 fully saturated rings. The minimum Gasteiger partial charge on any atom is -0.379 e. The van der Waals surface area contributed by atoms with E-state index in [2.05, 4.69) is 39.6 Å². The van der Waals surface area contributed by atoms with Gasteiger partial charge in [-0.1, -0.05) is 47.1 Å². The molecule has 0 bridgehead atoms. The van der Waals surface area contributed by atoms with Crippen LogP contribution in [0.1, 0.15) is 43.7 Å². The summed E-state index contributed by atoms with van der Waals surface area (Å²) < 4.78 is 0.